The van der Waals surface area contributed by atoms with Gasteiger partial charge in [-0.05, 0) is 58.8 Å². The standard InChI is InChI=1S/C26H21Cl2N3O4S/c27-20-9-11-22(12-10-20)36(34,35)31(16-18-4-3-6-21(28)14-18)17-26(33)30-29-15-24-23-7-2-1-5-19(23)8-13-25(24)32/h1-15,32H,16-17H2,(H,30,33)/b29-15-. The van der Waals surface area contributed by atoms with E-state index in [0.29, 0.717) is 21.2 Å². The maximum absolute atomic E-state index is 13.4. The minimum Gasteiger partial charge on any atom is -0.507 e. The zero-order valence-electron chi connectivity index (χ0n) is 18.8. The van der Waals surface area contributed by atoms with E-state index >= 15 is 0 Å². The van der Waals surface area contributed by atoms with Crippen LogP contribution in [0.5, 0.6) is 5.75 Å². The Hall–Kier alpha value is -3.43. The molecule has 10 heteroatoms. The first-order valence-electron chi connectivity index (χ1n) is 10.8. The van der Waals surface area contributed by atoms with Crippen LogP contribution in [0.1, 0.15) is 11.1 Å². The van der Waals surface area contributed by atoms with E-state index in [4.69, 9.17) is 23.2 Å². The van der Waals surface area contributed by atoms with Crippen molar-refractivity contribution in [1.29, 1.82) is 0 Å². The highest BCUT2D eigenvalue weighted by Gasteiger charge is 2.27. The average molecular weight is 542 g/mol. The lowest BCUT2D eigenvalue weighted by molar-refractivity contribution is -0.121. The fraction of sp³-hybridized carbons (Fsp3) is 0.0769. The van der Waals surface area contributed by atoms with E-state index in [1.54, 1.807) is 30.3 Å². The van der Waals surface area contributed by atoms with Crippen LogP contribution in [0.2, 0.25) is 10.0 Å². The van der Waals surface area contributed by atoms with Gasteiger partial charge >= 0.3 is 0 Å². The van der Waals surface area contributed by atoms with Crippen LogP contribution < -0.4 is 5.43 Å². The van der Waals surface area contributed by atoms with Crippen LogP contribution in [0.15, 0.2) is 94.9 Å². The fourth-order valence-electron chi connectivity index (χ4n) is 3.60. The molecule has 0 aliphatic carbocycles. The molecule has 0 spiro atoms. The number of hydrogen-bond acceptors (Lipinski definition) is 5. The van der Waals surface area contributed by atoms with E-state index in [-0.39, 0.29) is 17.2 Å². The van der Waals surface area contributed by atoms with Gasteiger partial charge < -0.3 is 5.11 Å². The van der Waals surface area contributed by atoms with Gasteiger partial charge in [0.15, 0.2) is 0 Å². The Morgan fingerprint density at radius 1 is 0.944 bits per heavy atom. The van der Waals surface area contributed by atoms with Crippen molar-refractivity contribution < 1.29 is 18.3 Å². The van der Waals surface area contributed by atoms with Gasteiger partial charge in [-0.2, -0.15) is 9.41 Å². The van der Waals surface area contributed by atoms with Gasteiger partial charge in [0, 0.05) is 22.2 Å². The number of nitrogens with one attached hydrogen (secondary N) is 1. The fourth-order valence-corrected chi connectivity index (χ4v) is 5.33. The molecule has 36 heavy (non-hydrogen) atoms. The molecule has 4 aromatic rings. The van der Waals surface area contributed by atoms with Crippen molar-refractivity contribution in [2.75, 3.05) is 6.54 Å². The third-order valence-electron chi connectivity index (χ3n) is 5.35. The summed E-state index contributed by atoms with van der Waals surface area (Å²) in [5, 5.41) is 16.7. The molecule has 0 aliphatic heterocycles. The van der Waals surface area contributed by atoms with Crippen molar-refractivity contribution in [3.63, 3.8) is 0 Å². The van der Waals surface area contributed by atoms with Gasteiger partial charge in [0.1, 0.15) is 5.75 Å². The lowest BCUT2D eigenvalue weighted by Crippen LogP contribution is -2.39. The number of benzene rings is 4. The number of hydrogen-bond donors (Lipinski definition) is 2. The van der Waals surface area contributed by atoms with Crippen molar-refractivity contribution in [1.82, 2.24) is 9.73 Å². The monoisotopic (exact) mass is 541 g/mol. The lowest BCUT2D eigenvalue weighted by atomic mass is 10.0. The number of fused-ring (bicyclic) bond motifs is 1. The molecule has 0 bridgehead atoms. The van der Waals surface area contributed by atoms with Gasteiger partial charge in [-0.3, -0.25) is 4.79 Å². The predicted octanol–water partition coefficient (Wildman–Crippen LogP) is 5.19. The minimum atomic E-state index is -4.06. The van der Waals surface area contributed by atoms with E-state index in [2.05, 4.69) is 10.5 Å². The molecule has 0 aromatic heterocycles. The van der Waals surface area contributed by atoms with Crippen molar-refractivity contribution in [2.45, 2.75) is 11.4 Å². The van der Waals surface area contributed by atoms with E-state index in [1.165, 1.54) is 36.5 Å². The van der Waals surface area contributed by atoms with Crippen LogP contribution in [0, 0.1) is 0 Å². The largest absolute Gasteiger partial charge is 0.507 e. The molecule has 0 saturated heterocycles. The highest BCUT2D eigenvalue weighted by atomic mass is 35.5. The molecule has 0 fully saturated rings. The Morgan fingerprint density at radius 2 is 1.69 bits per heavy atom. The summed E-state index contributed by atoms with van der Waals surface area (Å²) >= 11 is 12.0. The molecular weight excluding hydrogens is 521 g/mol. The maximum Gasteiger partial charge on any atom is 0.255 e. The minimum absolute atomic E-state index is 0.000372. The summed E-state index contributed by atoms with van der Waals surface area (Å²) in [5.74, 6) is -0.662. The number of phenols is 1. The summed E-state index contributed by atoms with van der Waals surface area (Å²) in [7, 11) is -4.06. The van der Waals surface area contributed by atoms with Crippen molar-refractivity contribution in [3.05, 3.63) is 106 Å². The first-order valence-corrected chi connectivity index (χ1v) is 13.0. The molecule has 4 aromatic carbocycles. The highest BCUT2D eigenvalue weighted by Crippen LogP contribution is 2.25. The van der Waals surface area contributed by atoms with Gasteiger partial charge in [-0.15, -0.1) is 0 Å². The van der Waals surface area contributed by atoms with Gasteiger partial charge in [0.05, 0.1) is 17.7 Å². The molecule has 184 valence electrons. The number of carbonyl (C=O) groups is 1. The topological polar surface area (TPSA) is 99.1 Å². The predicted molar refractivity (Wildman–Crippen MR) is 142 cm³/mol. The Morgan fingerprint density at radius 3 is 2.44 bits per heavy atom. The SMILES string of the molecule is O=C(CN(Cc1cccc(Cl)c1)S(=O)(=O)c1ccc(Cl)cc1)N/N=C\c1c(O)ccc2ccccc12. The number of halogens is 2. The molecule has 0 unspecified atom stereocenters. The number of aromatic hydroxyl groups is 1. The van der Waals surface area contributed by atoms with Gasteiger partial charge in [0.2, 0.25) is 10.0 Å². The zero-order chi connectivity index (χ0) is 25.7. The van der Waals surface area contributed by atoms with Crippen molar-refractivity contribution in [3.8, 4) is 5.75 Å². The Bertz CT molecular complexity index is 1540. The third-order valence-corrected chi connectivity index (χ3v) is 7.64. The first-order chi connectivity index (χ1) is 17.2. The number of phenolic OH excluding ortho intramolecular Hbond substituents is 1. The second kappa shape index (κ2) is 11.1. The van der Waals surface area contributed by atoms with Crippen LogP contribution in [-0.4, -0.2) is 36.5 Å². The van der Waals surface area contributed by atoms with Crippen LogP contribution in [0.4, 0.5) is 0 Å². The van der Waals surface area contributed by atoms with Crippen molar-refractivity contribution >= 4 is 56.1 Å². The van der Waals surface area contributed by atoms with Gasteiger partial charge in [0.25, 0.3) is 5.91 Å². The number of carbonyl (C=O) groups excluding carboxylic acids is 1. The Kier molecular flexibility index (Phi) is 7.91. The molecule has 2 N–H and O–H groups in total. The quantitative estimate of drug-likeness (QED) is 0.236. The molecule has 0 aliphatic rings. The number of sulfonamides is 1. The first kappa shape index (κ1) is 25.7. The summed E-state index contributed by atoms with van der Waals surface area (Å²) < 4.78 is 27.7. The number of nitrogens with zero attached hydrogens (tertiary/aromatic N) is 2. The molecular formula is C26H21Cl2N3O4S. The zero-order valence-corrected chi connectivity index (χ0v) is 21.1. The smallest absolute Gasteiger partial charge is 0.255 e. The average Bonchev–Trinajstić information content (AvgIpc) is 2.85. The highest BCUT2D eigenvalue weighted by molar-refractivity contribution is 7.89. The summed E-state index contributed by atoms with van der Waals surface area (Å²) in [6, 6.07) is 23.1. The Labute approximate surface area is 218 Å². The summed E-state index contributed by atoms with van der Waals surface area (Å²) in [5.41, 5.74) is 3.39. The van der Waals surface area contributed by atoms with E-state index in [1.807, 2.05) is 24.3 Å². The second-order valence-electron chi connectivity index (χ2n) is 7.87. The van der Waals surface area contributed by atoms with Gasteiger partial charge in [-0.25, -0.2) is 13.8 Å². The lowest BCUT2D eigenvalue weighted by Gasteiger charge is -2.21. The third kappa shape index (κ3) is 6.03. The number of amides is 1. The van der Waals surface area contributed by atoms with E-state index in [9.17, 15) is 18.3 Å². The normalized spacial score (nSPS) is 11.9. The van der Waals surface area contributed by atoms with Gasteiger partial charge in [-0.1, -0.05) is 65.7 Å². The molecule has 7 nitrogen and oxygen atoms in total. The molecule has 0 atom stereocenters. The van der Waals surface area contributed by atoms with Crippen LogP contribution in [0.25, 0.3) is 10.8 Å². The second-order valence-corrected chi connectivity index (χ2v) is 10.7. The molecule has 0 saturated carbocycles. The summed E-state index contributed by atoms with van der Waals surface area (Å²) in [6.45, 7) is -0.594. The molecule has 0 heterocycles. The summed E-state index contributed by atoms with van der Waals surface area (Å²) in [4.78, 5) is 12.7. The van der Waals surface area contributed by atoms with Crippen LogP contribution in [-0.2, 0) is 21.4 Å². The Balaban J connectivity index is 1.56. The summed E-state index contributed by atoms with van der Waals surface area (Å²) in [6.07, 6.45) is 1.32. The number of hydrazone groups is 1. The van der Waals surface area contributed by atoms with Crippen molar-refractivity contribution in [2.24, 2.45) is 5.10 Å². The molecule has 4 rings (SSSR count). The van der Waals surface area contributed by atoms with E-state index in [0.717, 1.165) is 15.1 Å². The van der Waals surface area contributed by atoms with E-state index < -0.39 is 22.5 Å². The molecule has 1 amide bonds. The maximum atomic E-state index is 13.4. The molecule has 0 radical (unpaired) electrons. The van der Waals surface area contributed by atoms with Crippen LogP contribution in [0.3, 0.4) is 0 Å². The number of rotatable bonds is 8. The van der Waals surface area contributed by atoms with Crippen LogP contribution >= 0.6 is 23.2 Å².